The van der Waals surface area contributed by atoms with Crippen molar-refractivity contribution in [3.63, 3.8) is 0 Å². The van der Waals surface area contributed by atoms with E-state index in [1.54, 1.807) is 34.6 Å². The summed E-state index contributed by atoms with van der Waals surface area (Å²) in [6, 6.07) is -2.17. The number of ether oxygens (including phenoxy) is 2. The molecule has 1 aliphatic heterocycles. The molecular weight excluding hydrogens is 462 g/mol. The number of anilines is 1. The van der Waals surface area contributed by atoms with Crippen molar-refractivity contribution in [2.75, 3.05) is 11.9 Å². The second-order valence-corrected chi connectivity index (χ2v) is 9.63. The number of rotatable bonds is 7. The van der Waals surface area contributed by atoms with Crippen LogP contribution in [0.3, 0.4) is 0 Å². The van der Waals surface area contributed by atoms with Gasteiger partial charge in [-0.1, -0.05) is 13.8 Å². The fourth-order valence-corrected chi connectivity index (χ4v) is 3.65. The molecular formula is C21H33N7O7. The lowest BCUT2D eigenvalue weighted by molar-refractivity contribution is -0.185. The number of carbonyl (C=O) groups is 2. The number of hydrogen-bond donors (Lipinski definition) is 7. The number of carbonyl (C=O) groups excluding carboxylic acids is 2. The van der Waals surface area contributed by atoms with Crippen LogP contribution in [0.15, 0.2) is 12.7 Å². The molecule has 0 aliphatic carbocycles. The summed E-state index contributed by atoms with van der Waals surface area (Å²) in [4.78, 5) is 40.2. The Morgan fingerprint density at radius 2 is 1.91 bits per heavy atom. The van der Waals surface area contributed by atoms with Crippen LogP contribution in [0, 0.1) is 5.92 Å². The van der Waals surface area contributed by atoms with Gasteiger partial charge in [0.1, 0.15) is 41.8 Å². The average Bonchev–Trinajstić information content (AvgIpc) is 3.25. The van der Waals surface area contributed by atoms with Crippen molar-refractivity contribution < 1.29 is 34.4 Å². The quantitative estimate of drug-likeness (QED) is 0.254. The first-order chi connectivity index (χ1) is 16.4. The number of fused-ring (bicyclic) bond motifs is 1. The minimum Gasteiger partial charge on any atom is -0.444 e. The van der Waals surface area contributed by atoms with Crippen LogP contribution < -0.4 is 16.0 Å². The van der Waals surface area contributed by atoms with E-state index >= 15 is 0 Å². The van der Waals surface area contributed by atoms with Gasteiger partial charge < -0.3 is 45.7 Å². The molecule has 1 unspecified atom stereocenters. The highest BCUT2D eigenvalue weighted by molar-refractivity contribution is 5.86. The third-order valence-corrected chi connectivity index (χ3v) is 5.36. The summed E-state index contributed by atoms with van der Waals surface area (Å²) in [6.45, 7) is 7.98. The molecule has 14 heteroatoms. The molecule has 1 fully saturated rings. The summed E-state index contributed by atoms with van der Waals surface area (Å²) in [5, 5.41) is 39.4. The minimum absolute atomic E-state index is 0.268. The number of nitrogens with zero attached hydrogens (tertiary/aromatic N) is 3. The van der Waals surface area contributed by atoms with Gasteiger partial charge in [0.25, 0.3) is 0 Å². The smallest absolute Gasteiger partial charge is 0.408 e. The first-order valence-corrected chi connectivity index (χ1v) is 11.2. The van der Waals surface area contributed by atoms with Crippen LogP contribution in [0.4, 0.5) is 10.6 Å². The van der Waals surface area contributed by atoms with Gasteiger partial charge >= 0.3 is 6.09 Å². The average molecular weight is 496 g/mol. The van der Waals surface area contributed by atoms with Crippen molar-refractivity contribution in [1.29, 1.82) is 0 Å². The van der Waals surface area contributed by atoms with Crippen LogP contribution in [0.25, 0.3) is 11.2 Å². The van der Waals surface area contributed by atoms with Gasteiger partial charge in [-0.15, -0.1) is 0 Å². The summed E-state index contributed by atoms with van der Waals surface area (Å²) in [7, 11) is 0. The fourth-order valence-electron chi connectivity index (χ4n) is 3.65. The first kappa shape index (κ1) is 26.5. The highest BCUT2D eigenvalue weighted by Crippen LogP contribution is 2.25. The highest BCUT2D eigenvalue weighted by Gasteiger charge is 2.46. The van der Waals surface area contributed by atoms with Crippen LogP contribution in [-0.4, -0.2) is 96.1 Å². The molecule has 1 saturated heterocycles. The number of aromatic nitrogens is 4. The van der Waals surface area contributed by atoms with E-state index in [-0.39, 0.29) is 11.7 Å². The van der Waals surface area contributed by atoms with Gasteiger partial charge in [0, 0.05) is 0 Å². The lowest BCUT2D eigenvalue weighted by Crippen LogP contribution is -2.67. The van der Waals surface area contributed by atoms with Crippen LogP contribution in [0.5, 0.6) is 0 Å². The van der Waals surface area contributed by atoms with Crippen molar-refractivity contribution in [2.24, 2.45) is 5.92 Å². The fraction of sp³-hybridized carbons (Fsp3) is 0.667. The number of aromatic amines is 1. The zero-order chi connectivity index (χ0) is 25.9. The van der Waals surface area contributed by atoms with Gasteiger partial charge in [-0.25, -0.2) is 19.7 Å². The van der Waals surface area contributed by atoms with Gasteiger partial charge in [-0.3, -0.25) is 4.79 Å². The van der Waals surface area contributed by atoms with E-state index in [0.29, 0.717) is 11.2 Å². The van der Waals surface area contributed by atoms with Crippen molar-refractivity contribution in [3.8, 4) is 0 Å². The van der Waals surface area contributed by atoms with Gasteiger partial charge in [-0.2, -0.15) is 0 Å². The van der Waals surface area contributed by atoms with E-state index in [2.05, 4.69) is 35.9 Å². The maximum Gasteiger partial charge on any atom is 0.408 e. The maximum atomic E-state index is 13.0. The molecule has 35 heavy (non-hydrogen) atoms. The molecule has 0 radical (unpaired) electrons. The lowest BCUT2D eigenvalue weighted by atomic mass is 9.94. The Bertz CT molecular complexity index is 1020. The van der Waals surface area contributed by atoms with Gasteiger partial charge in [0.05, 0.1) is 19.0 Å². The van der Waals surface area contributed by atoms with Gasteiger partial charge in [0.15, 0.2) is 17.7 Å². The Balaban J connectivity index is 1.71. The standard InChI is InChI=1S/C21H33N7O7/c1-9(2)11(27-20(33)35-21(3,4)5)18(32)26-12-10(6-29)34-19(15(31)14(12)30)28-17-13-16(23-7-22-13)24-8-25-17/h7-12,14-15,19,29-31H,6H2,1-5H3,(H,26,32)(H,27,33)(H2,22,23,24,25,28)/t10-,11+,12?,14+,15-,19-/m0/s1. The molecule has 7 N–H and O–H groups in total. The molecule has 2 aromatic rings. The molecule has 3 rings (SSSR count). The van der Waals surface area contributed by atoms with Crippen molar-refractivity contribution in [2.45, 2.75) is 76.8 Å². The van der Waals surface area contributed by atoms with E-state index in [0.717, 1.165) is 0 Å². The van der Waals surface area contributed by atoms with Crippen molar-refractivity contribution in [1.82, 2.24) is 30.6 Å². The third-order valence-electron chi connectivity index (χ3n) is 5.36. The predicted molar refractivity (Wildman–Crippen MR) is 123 cm³/mol. The molecule has 0 bridgehead atoms. The summed E-state index contributed by atoms with van der Waals surface area (Å²) < 4.78 is 11.0. The molecule has 3 heterocycles. The molecule has 1 aliphatic rings. The predicted octanol–water partition coefficient (Wildman–Crippen LogP) is -0.762. The zero-order valence-corrected chi connectivity index (χ0v) is 20.2. The second-order valence-electron chi connectivity index (χ2n) is 9.63. The topological polar surface area (TPSA) is 204 Å². The number of amides is 2. The van der Waals surface area contributed by atoms with E-state index in [1.807, 2.05) is 0 Å². The number of hydrogen-bond acceptors (Lipinski definition) is 11. The minimum atomic E-state index is -1.52. The normalized spacial score (nSPS) is 25.8. The SMILES string of the molecule is CC(C)[C@@H](NC(=O)OC(C)(C)C)C(=O)NC1[C@H](CO)O[C@H](Nc2ncnc3nc[nH]c23)[C@@H](O)[C@@H]1O. The van der Waals surface area contributed by atoms with Crippen LogP contribution in [0.1, 0.15) is 34.6 Å². The summed E-state index contributed by atoms with van der Waals surface area (Å²) in [6.07, 6.45) is -3.35. The van der Waals surface area contributed by atoms with Crippen molar-refractivity contribution >= 4 is 29.0 Å². The second kappa shape index (κ2) is 10.7. The molecule has 194 valence electrons. The molecule has 2 amide bonds. The van der Waals surface area contributed by atoms with Gasteiger partial charge in [0.2, 0.25) is 5.91 Å². The summed E-state index contributed by atoms with van der Waals surface area (Å²) in [5.41, 5.74) is 0.0887. The van der Waals surface area contributed by atoms with Crippen molar-refractivity contribution in [3.05, 3.63) is 12.7 Å². The Labute approximate surface area is 201 Å². The molecule has 2 aromatic heterocycles. The summed E-state index contributed by atoms with van der Waals surface area (Å²) >= 11 is 0. The Hall–Kier alpha value is -3.07. The van der Waals surface area contributed by atoms with Crippen LogP contribution in [0.2, 0.25) is 0 Å². The largest absolute Gasteiger partial charge is 0.444 e. The van der Waals surface area contributed by atoms with E-state index < -0.39 is 60.8 Å². The molecule has 6 atom stereocenters. The third kappa shape index (κ3) is 6.33. The van der Waals surface area contributed by atoms with Crippen LogP contribution in [-0.2, 0) is 14.3 Å². The Kier molecular flexibility index (Phi) is 8.10. The van der Waals surface area contributed by atoms with E-state index in [1.165, 1.54) is 12.7 Å². The monoisotopic (exact) mass is 495 g/mol. The lowest BCUT2D eigenvalue weighted by Gasteiger charge is -2.43. The number of aliphatic hydroxyl groups excluding tert-OH is 3. The molecule has 14 nitrogen and oxygen atoms in total. The molecule has 0 spiro atoms. The Morgan fingerprint density at radius 3 is 2.54 bits per heavy atom. The Morgan fingerprint density at radius 1 is 1.20 bits per heavy atom. The molecule has 0 aromatic carbocycles. The number of alkyl carbamates (subject to hydrolysis) is 1. The van der Waals surface area contributed by atoms with Crippen LogP contribution >= 0.6 is 0 Å². The number of nitrogens with one attached hydrogen (secondary N) is 4. The number of imidazole rings is 1. The molecule has 0 saturated carbocycles. The number of H-pyrrole nitrogens is 1. The summed E-state index contributed by atoms with van der Waals surface area (Å²) in [5.74, 6) is -0.694. The first-order valence-electron chi connectivity index (χ1n) is 11.2. The maximum absolute atomic E-state index is 13.0. The van der Waals surface area contributed by atoms with Gasteiger partial charge in [-0.05, 0) is 26.7 Å². The van der Waals surface area contributed by atoms with E-state index in [9.17, 15) is 24.9 Å². The number of aliphatic hydroxyl groups is 3. The zero-order valence-electron chi connectivity index (χ0n) is 20.2. The van der Waals surface area contributed by atoms with E-state index in [4.69, 9.17) is 9.47 Å². The highest BCUT2D eigenvalue weighted by atomic mass is 16.6.